The summed E-state index contributed by atoms with van der Waals surface area (Å²) in [6.45, 7) is 3.17. The van der Waals surface area contributed by atoms with Crippen LogP contribution in [0.5, 0.6) is 0 Å². The fourth-order valence-corrected chi connectivity index (χ4v) is 7.60. The van der Waals surface area contributed by atoms with Crippen LogP contribution in [-0.2, 0) is 39.5 Å². The van der Waals surface area contributed by atoms with E-state index in [9.17, 15) is 37.5 Å². The van der Waals surface area contributed by atoms with Crippen LogP contribution in [0.3, 0.4) is 0 Å². The molecule has 2 aromatic rings. The topological polar surface area (TPSA) is 259 Å². The van der Waals surface area contributed by atoms with Crippen molar-refractivity contribution in [1.82, 2.24) is 25.2 Å². The molecular formula is C33H44N8O9S. The maximum atomic E-state index is 14.6. The molecule has 0 radical (unpaired) electrons. The SMILES string of the molecule is CC(C)(O)c1cnnn1[C@H]1C[C@@H](C(=O)NC2(C(=O)C(N)=O)CCOCC2)N(C(=O)/C(CC2CCCCC2)=N/C(=O)c2ccc(S(N)(=O)=O)cc2)C1. The van der Waals surface area contributed by atoms with Gasteiger partial charge in [0.15, 0.2) is 0 Å². The molecule has 1 aromatic heterocycles. The first kappa shape index (κ1) is 37.9. The molecule has 1 saturated carbocycles. The molecule has 2 aliphatic heterocycles. The van der Waals surface area contributed by atoms with Crippen molar-refractivity contribution in [3.05, 3.63) is 41.7 Å². The van der Waals surface area contributed by atoms with E-state index in [0.29, 0.717) is 5.69 Å². The molecule has 6 N–H and O–H groups in total. The number of sulfonamides is 1. The summed E-state index contributed by atoms with van der Waals surface area (Å²) in [6, 6.07) is 2.96. The number of hydrogen-bond donors (Lipinski definition) is 4. The molecule has 3 fully saturated rings. The van der Waals surface area contributed by atoms with Crippen LogP contribution in [0.25, 0.3) is 0 Å². The van der Waals surface area contributed by atoms with Gasteiger partial charge in [0.1, 0.15) is 22.9 Å². The zero-order valence-electron chi connectivity index (χ0n) is 28.6. The van der Waals surface area contributed by atoms with Gasteiger partial charge in [-0.25, -0.2) is 23.2 Å². The Bertz CT molecular complexity index is 1800. The van der Waals surface area contributed by atoms with Gasteiger partial charge in [-0.1, -0.05) is 37.3 Å². The van der Waals surface area contributed by atoms with Crippen molar-refractivity contribution in [2.75, 3.05) is 19.8 Å². The number of aromatic nitrogens is 3. The number of benzene rings is 1. The van der Waals surface area contributed by atoms with Gasteiger partial charge in [0.05, 0.1) is 22.8 Å². The van der Waals surface area contributed by atoms with Gasteiger partial charge in [-0.05, 0) is 50.5 Å². The normalized spacial score (nSPS) is 21.6. The highest BCUT2D eigenvalue weighted by Crippen LogP contribution is 2.34. The number of aliphatic imine (C=N–C) groups is 1. The number of aliphatic hydroxyl groups is 1. The Kier molecular flexibility index (Phi) is 11.2. The van der Waals surface area contributed by atoms with E-state index in [-0.39, 0.29) is 67.5 Å². The fourth-order valence-electron chi connectivity index (χ4n) is 7.08. The molecule has 0 spiro atoms. The molecule has 3 heterocycles. The van der Waals surface area contributed by atoms with Crippen molar-refractivity contribution in [1.29, 1.82) is 0 Å². The fraction of sp³-hybridized carbons (Fsp3) is 0.576. The minimum atomic E-state index is -4.01. The van der Waals surface area contributed by atoms with E-state index in [0.717, 1.165) is 32.1 Å². The largest absolute Gasteiger partial charge is 0.384 e. The van der Waals surface area contributed by atoms with Gasteiger partial charge in [-0.15, -0.1) is 5.10 Å². The number of rotatable bonds is 11. The van der Waals surface area contributed by atoms with Crippen LogP contribution < -0.4 is 16.2 Å². The summed E-state index contributed by atoms with van der Waals surface area (Å²) < 4.78 is 30.3. The number of amides is 4. The number of likely N-dealkylation sites (tertiary alicyclic amines) is 1. The summed E-state index contributed by atoms with van der Waals surface area (Å²) in [5.41, 5.74) is 2.63. The third-order valence-corrected chi connectivity index (χ3v) is 10.8. The van der Waals surface area contributed by atoms with Crippen molar-refractivity contribution < 1.29 is 42.2 Å². The highest BCUT2D eigenvalue weighted by Gasteiger charge is 2.49. The van der Waals surface area contributed by atoms with Crippen molar-refractivity contribution in [3.63, 3.8) is 0 Å². The van der Waals surface area contributed by atoms with Crippen LogP contribution in [0.15, 0.2) is 40.4 Å². The summed E-state index contributed by atoms with van der Waals surface area (Å²) in [5, 5.41) is 26.9. The minimum Gasteiger partial charge on any atom is -0.384 e. The highest BCUT2D eigenvalue weighted by molar-refractivity contribution is 7.89. The summed E-state index contributed by atoms with van der Waals surface area (Å²) in [5.74, 6) is -4.37. The van der Waals surface area contributed by atoms with Crippen LogP contribution >= 0.6 is 0 Å². The van der Waals surface area contributed by atoms with Crippen molar-refractivity contribution in [2.24, 2.45) is 21.8 Å². The number of Topliss-reactive ketones (excluding diaryl/α,β-unsaturated/α-hetero) is 1. The number of primary sulfonamides is 1. The number of primary amides is 1. The van der Waals surface area contributed by atoms with E-state index < -0.39 is 62.7 Å². The van der Waals surface area contributed by atoms with E-state index in [2.05, 4.69) is 20.6 Å². The van der Waals surface area contributed by atoms with Crippen molar-refractivity contribution in [2.45, 2.75) is 99.8 Å². The number of ketones is 1. The number of nitrogens with zero attached hydrogens (tertiary/aromatic N) is 5. The first-order valence-electron chi connectivity index (χ1n) is 16.9. The number of hydrogen-bond acceptors (Lipinski definition) is 11. The predicted molar refractivity (Wildman–Crippen MR) is 180 cm³/mol. The summed E-state index contributed by atoms with van der Waals surface area (Å²) >= 11 is 0. The zero-order valence-corrected chi connectivity index (χ0v) is 29.4. The monoisotopic (exact) mass is 728 g/mol. The van der Waals surface area contributed by atoms with Gasteiger partial charge < -0.3 is 25.8 Å². The lowest BCUT2D eigenvalue weighted by Gasteiger charge is -2.37. The average Bonchev–Trinajstić information content (AvgIpc) is 3.76. The molecule has 18 heteroatoms. The van der Waals surface area contributed by atoms with E-state index in [1.165, 1.54) is 40.0 Å². The van der Waals surface area contributed by atoms with Crippen LogP contribution in [0, 0.1) is 5.92 Å². The second-order valence-corrected chi connectivity index (χ2v) is 15.6. The Morgan fingerprint density at radius 2 is 1.73 bits per heavy atom. The van der Waals surface area contributed by atoms with Crippen LogP contribution in [-0.4, -0.2) is 99.9 Å². The first-order valence-corrected chi connectivity index (χ1v) is 18.5. The lowest BCUT2D eigenvalue weighted by Crippen LogP contribution is -2.63. The van der Waals surface area contributed by atoms with Crippen molar-refractivity contribution in [3.8, 4) is 0 Å². The van der Waals surface area contributed by atoms with Gasteiger partial charge >= 0.3 is 0 Å². The third-order valence-electron chi connectivity index (χ3n) is 9.88. The van der Waals surface area contributed by atoms with Crippen LogP contribution in [0.1, 0.15) is 93.7 Å². The second kappa shape index (κ2) is 15.1. The molecule has 0 bridgehead atoms. The molecule has 0 unspecified atom stereocenters. The van der Waals surface area contributed by atoms with Gasteiger partial charge in [0.25, 0.3) is 17.7 Å². The average molecular weight is 729 g/mol. The molecule has 2 saturated heterocycles. The zero-order chi connectivity index (χ0) is 37.1. The van der Waals surface area contributed by atoms with E-state index in [1.54, 1.807) is 13.8 Å². The smallest absolute Gasteiger partial charge is 0.287 e. The predicted octanol–water partition coefficient (Wildman–Crippen LogP) is 0.267. The number of nitrogens with two attached hydrogens (primary N) is 2. The summed E-state index contributed by atoms with van der Waals surface area (Å²) in [6.07, 6.45) is 6.05. The maximum Gasteiger partial charge on any atom is 0.287 e. The molecule has 5 rings (SSSR count). The Morgan fingerprint density at radius 1 is 1.08 bits per heavy atom. The molecule has 3 aliphatic rings. The van der Waals surface area contributed by atoms with Gasteiger partial charge in [0, 0.05) is 44.6 Å². The molecule has 2 atom stereocenters. The molecule has 276 valence electrons. The molecule has 1 aromatic carbocycles. The number of ether oxygens (including phenoxy) is 1. The highest BCUT2D eigenvalue weighted by atomic mass is 32.2. The number of nitrogens with one attached hydrogen (secondary N) is 1. The Hall–Kier alpha value is -4.39. The molecular weight excluding hydrogens is 684 g/mol. The van der Waals surface area contributed by atoms with E-state index in [4.69, 9.17) is 15.6 Å². The van der Waals surface area contributed by atoms with Crippen molar-refractivity contribution >= 4 is 45.1 Å². The molecule has 51 heavy (non-hydrogen) atoms. The summed E-state index contributed by atoms with van der Waals surface area (Å²) in [4.78, 5) is 72.8. The number of carbonyl (C=O) groups is 5. The lowest BCUT2D eigenvalue weighted by atomic mass is 9.84. The first-order chi connectivity index (χ1) is 24.0. The molecule has 1 aliphatic carbocycles. The van der Waals surface area contributed by atoms with Crippen LogP contribution in [0.2, 0.25) is 0 Å². The maximum absolute atomic E-state index is 14.6. The lowest BCUT2D eigenvalue weighted by molar-refractivity contribution is -0.146. The van der Waals surface area contributed by atoms with Gasteiger partial charge in [-0.3, -0.25) is 24.0 Å². The standard InChI is InChI=1S/C33H44N8O9S/c1-32(2,47)26-18-36-39-41(26)22-17-25(30(45)38-33(27(42)28(34)43)12-14-50-15-13-33)40(19-22)31(46)24(16-20-6-4-3-5-7-20)37-29(44)21-8-10-23(11-9-21)51(35,48)49/h8-11,18,20,22,25,47H,3-7,12-17,19H2,1-2H3,(H2,34,43)(H,38,45)(H2,35,48,49)/b37-24+/t22-,25-/m0/s1. The second-order valence-electron chi connectivity index (χ2n) is 14.0. The quantitative estimate of drug-likeness (QED) is 0.180. The summed E-state index contributed by atoms with van der Waals surface area (Å²) in [7, 11) is -4.01. The third kappa shape index (κ3) is 8.57. The molecule has 4 amide bonds. The van der Waals surface area contributed by atoms with E-state index >= 15 is 0 Å². The van der Waals surface area contributed by atoms with Gasteiger partial charge in [-0.2, -0.15) is 0 Å². The Balaban J connectivity index is 1.53. The Morgan fingerprint density at radius 3 is 2.31 bits per heavy atom. The van der Waals surface area contributed by atoms with E-state index in [1.807, 2.05) is 0 Å². The van der Waals surface area contributed by atoms with Gasteiger partial charge in [0.2, 0.25) is 21.7 Å². The number of carbonyl (C=O) groups excluding carboxylic acids is 5. The minimum absolute atomic E-state index is 0.0102. The Labute approximate surface area is 295 Å². The molecule has 17 nitrogen and oxygen atoms in total. The van der Waals surface area contributed by atoms with Crippen LogP contribution in [0.4, 0.5) is 0 Å².